The van der Waals surface area contributed by atoms with Crippen LogP contribution in [0.4, 0.5) is 0 Å². The third-order valence-corrected chi connectivity index (χ3v) is 4.44. The molecule has 1 fully saturated rings. The predicted octanol–water partition coefficient (Wildman–Crippen LogP) is 1.89. The molecule has 1 N–H and O–H groups in total. The van der Waals surface area contributed by atoms with Crippen molar-refractivity contribution in [3.05, 3.63) is 24.3 Å². The first-order chi connectivity index (χ1) is 11.3. The summed E-state index contributed by atoms with van der Waals surface area (Å²) in [6, 6.07) is 6.58. The molecule has 1 aliphatic rings. The second-order valence-corrected chi connectivity index (χ2v) is 7.58. The first kappa shape index (κ1) is 18.4. The molecule has 0 saturated carbocycles. The molecule has 1 saturated heterocycles. The molecule has 2 amide bonds. The number of carbonyl (C=O) groups is 2. The van der Waals surface area contributed by atoms with Gasteiger partial charge in [-0.15, -0.1) is 11.8 Å². The van der Waals surface area contributed by atoms with Gasteiger partial charge in [-0.3, -0.25) is 9.59 Å². The van der Waals surface area contributed by atoms with Crippen LogP contribution >= 0.6 is 11.8 Å². The Morgan fingerprint density at radius 2 is 1.88 bits per heavy atom. The van der Waals surface area contributed by atoms with Crippen LogP contribution in [0.2, 0.25) is 0 Å². The molecule has 1 unspecified atom stereocenters. The van der Waals surface area contributed by atoms with E-state index in [1.54, 1.807) is 48.0 Å². The van der Waals surface area contributed by atoms with Crippen molar-refractivity contribution in [3.8, 4) is 11.5 Å². The first-order valence-corrected chi connectivity index (χ1v) is 8.92. The summed E-state index contributed by atoms with van der Waals surface area (Å²) < 4.78 is 10.6. The predicted molar refractivity (Wildman–Crippen MR) is 94.3 cm³/mol. The quantitative estimate of drug-likeness (QED) is 0.876. The van der Waals surface area contributed by atoms with Crippen LogP contribution in [0.25, 0.3) is 0 Å². The van der Waals surface area contributed by atoms with Gasteiger partial charge < -0.3 is 19.7 Å². The Morgan fingerprint density at radius 1 is 1.25 bits per heavy atom. The highest BCUT2D eigenvalue weighted by Gasteiger charge is 2.35. The molecule has 0 radical (unpaired) electrons. The Balaban J connectivity index is 1.91. The van der Waals surface area contributed by atoms with E-state index in [2.05, 4.69) is 5.32 Å². The Bertz CT molecular complexity index is 583. The Morgan fingerprint density at radius 3 is 2.46 bits per heavy atom. The van der Waals surface area contributed by atoms with Crippen LogP contribution in [0.15, 0.2) is 24.3 Å². The highest BCUT2D eigenvalue weighted by molar-refractivity contribution is 7.99. The summed E-state index contributed by atoms with van der Waals surface area (Å²) in [6.45, 7) is 5.68. The summed E-state index contributed by atoms with van der Waals surface area (Å²) in [6.07, 6.45) is 0. The van der Waals surface area contributed by atoms with Crippen molar-refractivity contribution in [2.45, 2.75) is 32.4 Å². The fraction of sp³-hybridized carbons (Fsp3) is 0.529. The van der Waals surface area contributed by atoms with E-state index < -0.39 is 6.04 Å². The van der Waals surface area contributed by atoms with Crippen molar-refractivity contribution in [2.24, 2.45) is 0 Å². The number of benzene rings is 1. The fourth-order valence-corrected chi connectivity index (χ4v) is 3.44. The number of nitrogens with one attached hydrogen (secondary N) is 1. The van der Waals surface area contributed by atoms with E-state index in [1.807, 2.05) is 20.8 Å². The summed E-state index contributed by atoms with van der Waals surface area (Å²) in [7, 11) is 1.59. The van der Waals surface area contributed by atoms with Crippen LogP contribution in [-0.2, 0) is 9.59 Å². The fourth-order valence-electron chi connectivity index (χ4n) is 2.26. The van der Waals surface area contributed by atoms with Gasteiger partial charge in [0.25, 0.3) is 5.91 Å². The van der Waals surface area contributed by atoms with Crippen molar-refractivity contribution in [1.29, 1.82) is 0 Å². The van der Waals surface area contributed by atoms with E-state index in [-0.39, 0.29) is 24.0 Å². The molecule has 132 valence electrons. The maximum absolute atomic E-state index is 12.4. The molecule has 1 aliphatic heterocycles. The molecule has 1 aromatic carbocycles. The second-order valence-electron chi connectivity index (χ2n) is 6.58. The summed E-state index contributed by atoms with van der Waals surface area (Å²) >= 11 is 1.57. The van der Waals surface area contributed by atoms with Gasteiger partial charge in [0.2, 0.25) is 5.91 Å². The maximum atomic E-state index is 12.4. The van der Waals surface area contributed by atoms with Crippen LogP contribution in [0, 0.1) is 0 Å². The standard InChI is InChI=1S/C17H24N2O4S/c1-17(2,3)18-16(21)14-10-24-11-19(14)15(20)9-23-13-7-5-12(22-4)6-8-13/h5-8,14H,9-11H2,1-4H3,(H,18,21). The number of nitrogens with zero attached hydrogens (tertiary/aromatic N) is 1. The van der Waals surface area contributed by atoms with E-state index in [4.69, 9.17) is 9.47 Å². The smallest absolute Gasteiger partial charge is 0.261 e. The zero-order valence-electron chi connectivity index (χ0n) is 14.5. The molecular formula is C17H24N2O4S. The van der Waals surface area contributed by atoms with Crippen molar-refractivity contribution >= 4 is 23.6 Å². The van der Waals surface area contributed by atoms with E-state index in [9.17, 15) is 9.59 Å². The van der Waals surface area contributed by atoms with E-state index in [0.29, 0.717) is 17.4 Å². The molecule has 1 aromatic rings. The zero-order chi connectivity index (χ0) is 17.7. The minimum absolute atomic E-state index is 0.0911. The average Bonchev–Trinajstić information content (AvgIpc) is 3.01. The molecule has 24 heavy (non-hydrogen) atoms. The van der Waals surface area contributed by atoms with E-state index in [0.717, 1.165) is 5.75 Å². The Labute approximate surface area is 146 Å². The highest BCUT2D eigenvalue weighted by Crippen LogP contribution is 2.22. The van der Waals surface area contributed by atoms with Crippen LogP contribution < -0.4 is 14.8 Å². The van der Waals surface area contributed by atoms with Crippen molar-refractivity contribution in [3.63, 3.8) is 0 Å². The number of methoxy groups -OCH3 is 1. The third kappa shape index (κ3) is 5.06. The SMILES string of the molecule is COc1ccc(OCC(=O)N2CSCC2C(=O)NC(C)(C)C)cc1. The molecule has 0 aliphatic carbocycles. The largest absolute Gasteiger partial charge is 0.497 e. The van der Waals surface area contributed by atoms with Gasteiger partial charge in [-0.1, -0.05) is 0 Å². The average molecular weight is 352 g/mol. The number of rotatable bonds is 5. The van der Waals surface area contributed by atoms with Crippen LogP contribution in [0.1, 0.15) is 20.8 Å². The molecular weight excluding hydrogens is 328 g/mol. The summed E-state index contributed by atoms with van der Waals surface area (Å²) in [5, 5.41) is 2.93. The van der Waals surface area contributed by atoms with Crippen LogP contribution in [-0.4, -0.2) is 53.6 Å². The summed E-state index contributed by atoms with van der Waals surface area (Å²) in [4.78, 5) is 26.3. The van der Waals surface area contributed by atoms with E-state index in [1.165, 1.54) is 0 Å². The number of thioether (sulfide) groups is 1. The summed E-state index contributed by atoms with van der Waals surface area (Å²) in [5.41, 5.74) is -0.321. The van der Waals surface area contributed by atoms with Crippen LogP contribution in [0.3, 0.4) is 0 Å². The number of carbonyl (C=O) groups excluding carboxylic acids is 2. The lowest BCUT2D eigenvalue weighted by atomic mass is 10.1. The molecule has 6 nitrogen and oxygen atoms in total. The van der Waals surface area contributed by atoms with Gasteiger partial charge >= 0.3 is 0 Å². The summed E-state index contributed by atoms with van der Waals surface area (Å²) in [5.74, 6) is 2.12. The molecule has 1 atom stereocenters. The lowest BCUT2D eigenvalue weighted by molar-refractivity contribution is -0.140. The highest BCUT2D eigenvalue weighted by atomic mass is 32.2. The minimum atomic E-state index is -0.443. The van der Waals surface area contributed by atoms with Gasteiger partial charge in [0.05, 0.1) is 13.0 Å². The lowest BCUT2D eigenvalue weighted by Gasteiger charge is -2.27. The van der Waals surface area contributed by atoms with Gasteiger partial charge in [0.15, 0.2) is 6.61 Å². The molecule has 1 heterocycles. The van der Waals surface area contributed by atoms with Crippen molar-refractivity contribution in [2.75, 3.05) is 25.3 Å². The molecule has 0 bridgehead atoms. The Hall–Kier alpha value is -1.89. The number of hydrogen-bond acceptors (Lipinski definition) is 5. The topological polar surface area (TPSA) is 67.9 Å². The van der Waals surface area contributed by atoms with E-state index >= 15 is 0 Å². The molecule has 7 heteroatoms. The number of hydrogen-bond donors (Lipinski definition) is 1. The minimum Gasteiger partial charge on any atom is -0.497 e. The second kappa shape index (κ2) is 7.79. The number of amides is 2. The van der Waals surface area contributed by atoms with Crippen molar-refractivity contribution < 1.29 is 19.1 Å². The van der Waals surface area contributed by atoms with Crippen LogP contribution in [0.5, 0.6) is 11.5 Å². The van der Waals surface area contributed by atoms with Gasteiger partial charge in [0.1, 0.15) is 17.5 Å². The molecule has 0 aromatic heterocycles. The monoisotopic (exact) mass is 352 g/mol. The first-order valence-electron chi connectivity index (χ1n) is 7.76. The molecule has 0 spiro atoms. The lowest BCUT2D eigenvalue weighted by Crippen LogP contribution is -2.53. The van der Waals surface area contributed by atoms with Gasteiger partial charge in [-0.25, -0.2) is 0 Å². The van der Waals surface area contributed by atoms with Crippen molar-refractivity contribution in [1.82, 2.24) is 10.2 Å². The Kier molecular flexibility index (Phi) is 5.99. The van der Waals surface area contributed by atoms with Gasteiger partial charge in [-0.2, -0.15) is 0 Å². The van der Waals surface area contributed by atoms with Gasteiger partial charge in [0, 0.05) is 11.3 Å². The zero-order valence-corrected chi connectivity index (χ0v) is 15.3. The third-order valence-electron chi connectivity index (χ3n) is 3.43. The van der Waals surface area contributed by atoms with Gasteiger partial charge in [-0.05, 0) is 45.0 Å². The normalized spacial score (nSPS) is 17.5. The number of ether oxygens (including phenoxy) is 2. The maximum Gasteiger partial charge on any atom is 0.261 e. The molecule has 2 rings (SSSR count).